The van der Waals surface area contributed by atoms with Crippen LogP contribution in [0.2, 0.25) is 10.0 Å². The van der Waals surface area contributed by atoms with E-state index in [-0.39, 0.29) is 17.4 Å². The third-order valence-corrected chi connectivity index (χ3v) is 10.8. The third kappa shape index (κ3) is 5.62. The Morgan fingerprint density at radius 1 is 1.18 bits per heavy atom. The molecule has 5 rings (SSSR count). The van der Waals surface area contributed by atoms with E-state index in [1.807, 2.05) is 0 Å². The molecule has 2 N–H and O–H groups in total. The molecule has 0 bridgehead atoms. The Morgan fingerprint density at radius 2 is 1.90 bits per heavy atom. The van der Waals surface area contributed by atoms with Gasteiger partial charge >= 0.3 is 5.97 Å². The molecule has 1 aliphatic carbocycles. The molecule has 0 unspecified atom stereocenters. The van der Waals surface area contributed by atoms with Gasteiger partial charge in [0.05, 0.1) is 22.4 Å². The molecule has 2 amide bonds. The quantitative estimate of drug-likeness (QED) is 0.232. The number of thioether (sulfide) groups is 3. The lowest BCUT2D eigenvalue weighted by molar-refractivity contribution is -0.726. The number of β-lactam (4-membered cyclic amide) rings is 1. The van der Waals surface area contributed by atoms with E-state index in [0.717, 1.165) is 4.90 Å². The number of benzene rings is 1. The fourth-order valence-corrected chi connectivity index (χ4v) is 8.07. The molecule has 14 heteroatoms. The number of nitrogens with one attached hydrogen (secondary N) is 1. The second-order valence-corrected chi connectivity index (χ2v) is 13.1. The molecule has 1 aromatic heterocycles. The Balaban J connectivity index is 1.20. The number of rotatable bonds is 10. The highest BCUT2D eigenvalue weighted by atomic mass is 35.5. The Labute approximate surface area is 246 Å². The number of nitrogens with zero attached hydrogens (tertiary/aromatic N) is 2. The van der Waals surface area contributed by atoms with Gasteiger partial charge in [0.1, 0.15) is 11.4 Å². The second kappa shape index (κ2) is 11.2. The highest BCUT2D eigenvalue weighted by Crippen LogP contribution is 2.42. The van der Waals surface area contributed by atoms with E-state index in [0.29, 0.717) is 44.9 Å². The number of carbonyl (C=O) groups is 4. The molecule has 39 heavy (non-hydrogen) atoms. The molecule has 1 saturated carbocycles. The molecule has 2 aromatic rings. The predicted molar refractivity (Wildman–Crippen MR) is 146 cm³/mol. The zero-order valence-electron chi connectivity index (χ0n) is 20.1. The number of carboxylic acid groups (broad SMARTS) is 2. The van der Waals surface area contributed by atoms with Crippen molar-refractivity contribution in [2.75, 3.05) is 17.3 Å². The topological polar surface area (TPSA) is 131 Å². The number of carboxylic acids is 2. The minimum Gasteiger partial charge on any atom is -0.543 e. The molecule has 3 heterocycles. The standard InChI is InChI=1S/C25H21Cl2N3O6S3/c26-14-1-2-16(27)17(9-14)38-12-18(31)28-19-21(32)30-20(23(33)34)13(11-39-22(19)30)10-37-15-3-7-29(8-4-15)25(5-6-25)24(35)36/h1-4,7-9,19,22H,5-6,10-12H2,(H2-,28,31,33,34,35,36)/t19-,22-/m1/s1. The van der Waals surface area contributed by atoms with Crippen LogP contribution in [-0.2, 0) is 24.7 Å². The van der Waals surface area contributed by atoms with E-state index in [1.165, 1.54) is 40.2 Å². The summed E-state index contributed by atoms with van der Waals surface area (Å²) in [4.78, 5) is 51.7. The Bertz CT molecular complexity index is 1400. The first-order valence-electron chi connectivity index (χ1n) is 11.7. The first kappa shape index (κ1) is 28.2. The third-order valence-electron chi connectivity index (χ3n) is 6.64. The SMILES string of the molecule is O=C(CSc1cc(Cl)ccc1Cl)N[C@@H]1C(=O)N2C(C(=O)[O-])=C(CSc3cc[n+](C4(C(=O)O)CC4)cc3)CS[C@H]12. The molecule has 0 spiro atoms. The number of hydrogen-bond acceptors (Lipinski definition) is 8. The average Bonchev–Trinajstić information content (AvgIpc) is 3.73. The molecule has 0 radical (unpaired) electrons. The van der Waals surface area contributed by atoms with Crippen molar-refractivity contribution < 1.29 is 34.0 Å². The molecule has 1 saturated heterocycles. The van der Waals surface area contributed by atoms with E-state index in [4.69, 9.17) is 23.2 Å². The van der Waals surface area contributed by atoms with Crippen molar-refractivity contribution >= 4 is 82.2 Å². The lowest BCUT2D eigenvalue weighted by Gasteiger charge is -2.50. The normalized spacial score (nSPS) is 21.2. The van der Waals surface area contributed by atoms with Crippen molar-refractivity contribution in [3.63, 3.8) is 0 Å². The number of fused-ring (bicyclic) bond motifs is 1. The van der Waals surface area contributed by atoms with Crippen LogP contribution in [-0.4, -0.2) is 62.4 Å². The first-order valence-corrected chi connectivity index (χ1v) is 15.5. The summed E-state index contributed by atoms with van der Waals surface area (Å²) in [5.41, 5.74) is -0.477. The van der Waals surface area contributed by atoms with Crippen LogP contribution in [0.3, 0.4) is 0 Å². The molecular formula is C25H21Cl2N3O6S3. The minimum absolute atomic E-state index is 0.0109. The van der Waals surface area contributed by atoms with E-state index in [2.05, 4.69) is 5.32 Å². The number of carbonyl (C=O) groups excluding carboxylic acids is 3. The van der Waals surface area contributed by atoms with E-state index in [1.54, 1.807) is 47.3 Å². The van der Waals surface area contributed by atoms with Crippen LogP contribution in [0.15, 0.2) is 63.8 Å². The Hall–Kier alpha value is -2.38. The van der Waals surface area contributed by atoms with Crippen LogP contribution in [0, 0.1) is 0 Å². The molecule has 2 aliphatic heterocycles. The number of aromatic nitrogens is 1. The van der Waals surface area contributed by atoms with Crippen molar-refractivity contribution in [1.29, 1.82) is 0 Å². The summed E-state index contributed by atoms with van der Waals surface area (Å²) < 4.78 is 1.68. The van der Waals surface area contributed by atoms with Gasteiger partial charge in [-0.05, 0) is 23.8 Å². The number of aliphatic carboxylic acids is 2. The van der Waals surface area contributed by atoms with Gasteiger partial charge in [-0.15, -0.1) is 35.3 Å². The maximum Gasteiger partial charge on any atom is 0.376 e. The van der Waals surface area contributed by atoms with Crippen LogP contribution < -0.4 is 15.0 Å². The Morgan fingerprint density at radius 3 is 2.54 bits per heavy atom. The largest absolute Gasteiger partial charge is 0.543 e. The summed E-state index contributed by atoms with van der Waals surface area (Å²) in [6.07, 6.45) is 4.60. The average molecular weight is 627 g/mol. The summed E-state index contributed by atoms with van der Waals surface area (Å²) in [5, 5.41) is 24.6. The van der Waals surface area contributed by atoms with Gasteiger partial charge in [0.25, 0.3) is 11.4 Å². The number of pyridine rings is 1. The van der Waals surface area contributed by atoms with Gasteiger partial charge in [0.15, 0.2) is 12.4 Å². The maximum absolute atomic E-state index is 12.9. The molecule has 2 fully saturated rings. The summed E-state index contributed by atoms with van der Waals surface area (Å²) in [5.74, 6) is -2.50. The smallest absolute Gasteiger partial charge is 0.376 e. The van der Waals surface area contributed by atoms with Crippen molar-refractivity contribution in [3.8, 4) is 0 Å². The second-order valence-electron chi connectivity index (χ2n) is 9.12. The summed E-state index contributed by atoms with van der Waals surface area (Å²) in [6.45, 7) is 0. The number of amides is 2. The highest BCUT2D eigenvalue weighted by molar-refractivity contribution is 8.01. The molecule has 9 nitrogen and oxygen atoms in total. The molecular weight excluding hydrogens is 605 g/mol. The van der Waals surface area contributed by atoms with Gasteiger partial charge < -0.3 is 20.3 Å². The van der Waals surface area contributed by atoms with Gasteiger partial charge in [-0.2, -0.15) is 4.57 Å². The monoisotopic (exact) mass is 625 g/mol. The predicted octanol–water partition coefficient (Wildman–Crippen LogP) is 2.14. The van der Waals surface area contributed by atoms with Crippen molar-refractivity contribution in [1.82, 2.24) is 10.2 Å². The fraction of sp³-hybridized carbons (Fsp3) is 0.320. The van der Waals surface area contributed by atoms with Gasteiger partial charge in [-0.3, -0.25) is 14.5 Å². The summed E-state index contributed by atoms with van der Waals surface area (Å²) >= 11 is 16.1. The fourth-order valence-electron chi connectivity index (χ4n) is 4.39. The number of hydrogen-bond donors (Lipinski definition) is 2. The lowest BCUT2D eigenvalue weighted by Crippen LogP contribution is -2.71. The van der Waals surface area contributed by atoms with Gasteiger partial charge in [-0.1, -0.05) is 23.2 Å². The maximum atomic E-state index is 12.9. The van der Waals surface area contributed by atoms with Crippen LogP contribution in [0.1, 0.15) is 12.8 Å². The first-order chi connectivity index (χ1) is 18.6. The zero-order valence-corrected chi connectivity index (χ0v) is 24.1. The van der Waals surface area contributed by atoms with E-state index in [9.17, 15) is 29.4 Å². The molecule has 2 atom stereocenters. The van der Waals surface area contributed by atoms with E-state index >= 15 is 0 Å². The van der Waals surface area contributed by atoms with Gasteiger partial charge in [0.2, 0.25) is 5.91 Å². The number of halogens is 2. The van der Waals surface area contributed by atoms with Crippen LogP contribution >= 0.6 is 58.5 Å². The molecule has 3 aliphatic rings. The highest BCUT2D eigenvalue weighted by Gasteiger charge is 2.60. The van der Waals surface area contributed by atoms with Crippen molar-refractivity contribution in [3.05, 3.63) is 64.0 Å². The molecule has 204 valence electrons. The zero-order chi connectivity index (χ0) is 27.9. The lowest BCUT2D eigenvalue weighted by atomic mass is 10.0. The summed E-state index contributed by atoms with van der Waals surface area (Å²) in [6, 6.07) is 7.68. The molecule has 1 aromatic carbocycles. The van der Waals surface area contributed by atoms with Gasteiger partial charge in [-0.25, -0.2) is 4.79 Å². The van der Waals surface area contributed by atoms with Crippen LogP contribution in [0.4, 0.5) is 0 Å². The van der Waals surface area contributed by atoms with Gasteiger partial charge in [0, 0.05) is 51.3 Å². The van der Waals surface area contributed by atoms with Crippen molar-refractivity contribution in [2.24, 2.45) is 0 Å². The van der Waals surface area contributed by atoms with Crippen molar-refractivity contribution in [2.45, 2.75) is 39.6 Å². The minimum atomic E-state index is -1.44. The van der Waals surface area contributed by atoms with Crippen LogP contribution in [0.25, 0.3) is 0 Å². The van der Waals surface area contributed by atoms with Crippen LogP contribution in [0.5, 0.6) is 0 Å². The Kier molecular flexibility index (Phi) is 8.12. The summed E-state index contributed by atoms with van der Waals surface area (Å²) in [7, 11) is 0. The van der Waals surface area contributed by atoms with E-state index < -0.39 is 34.8 Å².